The summed E-state index contributed by atoms with van der Waals surface area (Å²) in [4.78, 5) is 41.5. The van der Waals surface area contributed by atoms with Gasteiger partial charge in [-0.15, -0.1) is 0 Å². The maximum Gasteiger partial charge on any atom is 0.410 e. The van der Waals surface area contributed by atoms with Crippen LogP contribution >= 0.6 is 11.6 Å². The van der Waals surface area contributed by atoms with Crippen molar-refractivity contribution in [2.24, 2.45) is 0 Å². The van der Waals surface area contributed by atoms with Gasteiger partial charge < -0.3 is 19.7 Å². The molecule has 0 radical (unpaired) electrons. The first-order valence-electron chi connectivity index (χ1n) is 11.0. The highest BCUT2D eigenvalue weighted by atomic mass is 35.5. The minimum absolute atomic E-state index is 0.0471. The lowest BCUT2D eigenvalue weighted by Crippen LogP contribution is -2.61. The van der Waals surface area contributed by atoms with Gasteiger partial charge in [0.05, 0.1) is 17.1 Å². The molecule has 0 aliphatic carbocycles. The standard InChI is InChI=1S/C25H27ClN4O5/c1-25(2,3)35-23(32)29-11-12-30(24(33)34-16-17-7-5-4-6-8-17)21(15-29)22(31)28-19-10-9-18(14-27)20(26)13-19/h4-10,13,21H,11-12,15-16H2,1-3H3,(H,28,31). The van der Waals surface area contributed by atoms with Crippen LogP contribution in [-0.4, -0.2) is 59.2 Å². The van der Waals surface area contributed by atoms with Gasteiger partial charge in [0.25, 0.3) is 0 Å². The molecule has 0 bridgehead atoms. The maximum atomic E-state index is 13.2. The van der Waals surface area contributed by atoms with Crippen molar-refractivity contribution in [1.29, 1.82) is 5.26 Å². The molecule has 1 saturated heterocycles. The van der Waals surface area contributed by atoms with E-state index in [-0.39, 0.29) is 36.8 Å². The highest BCUT2D eigenvalue weighted by molar-refractivity contribution is 6.32. The van der Waals surface area contributed by atoms with Crippen LogP contribution in [-0.2, 0) is 20.9 Å². The maximum absolute atomic E-state index is 13.2. The molecule has 0 saturated carbocycles. The molecule has 1 aliphatic rings. The van der Waals surface area contributed by atoms with Crippen molar-refractivity contribution < 1.29 is 23.9 Å². The van der Waals surface area contributed by atoms with E-state index in [4.69, 9.17) is 26.3 Å². The third-order valence-corrected chi connectivity index (χ3v) is 5.44. The van der Waals surface area contributed by atoms with E-state index in [0.717, 1.165) is 5.56 Å². The predicted octanol–water partition coefficient (Wildman–Crippen LogP) is 4.41. The number of nitriles is 1. The zero-order valence-corrected chi connectivity index (χ0v) is 20.5. The molecule has 1 aliphatic heterocycles. The number of amides is 3. The van der Waals surface area contributed by atoms with Gasteiger partial charge >= 0.3 is 12.2 Å². The Morgan fingerprint density at radius 2 is 1.83 bits per heavy atom. The van der Waals surface area contributed by atoms with Gasteiger partial charge in [0.1, 0.15) is 24.3 Å². The molecule has 0 aromatic heterocycles. The summed E-state index contributed by atoms with van der Waals surface area (Å²) in [6, 6.07) is 14.6. The third-order valence-electron chi connectivity index (χ3n) is 5.13. The summed E-state index contributed by atoms with van der Waals surface area (Å²) in [6.07, 6.45) is -1.25. The molecule has 2 aromatic carbocycles. The fraction of sp³-hybridized carbons (Fsp3) is 0.360. The number of halogens is 1. The summed E-state index contributed by atoms with van der Waals surface area (Å²) in [5.41, 5.74) is 0.719. The van der Waals surface area contributed by atoms with Gasteiger partial charge in [-0.2, -0.15) is 5.26 Å². The predicted molar refractivity (Wildman–Crippen MR) is 130 cm³/mol. The van der Waals surface area contributed by atoms with Gasteiger partial charge in [-0.25, -0.2) is 9.59 Å². The smallest absolute Gasteiger partial charge is 0.410 e. The van der Waals surface area contributed by atoms with E-state index < -0.39 is 29.7 Å². The second kappa shape index (κ2) is 11.1. The number of benzene rings is 2. The van der Waals surface area contributed by atoms with Crippen molar-refractivity contribution in [1.82, 2.24) is 9.80 Å². The number of carbonyl (C=O) groups excluding carboxylic acids is 3. The van der Waals surface area contributed by atoms with Crippen LogP contribution in [0.1, 0.15) is 31.9 Å². The Bertz CT molecular complexity index is 1130. The van der Waals surface area contributed by atoms with Crippen LogP contribution in [0.25, 0.3) is 0 Å². The van der Waals surface area contributed by atoms with E-state index >= 15 is 0 Å². The van der Waals surface area contributed by atoms with E-state index in [1.807, 2.05) is 36.4 Å². The number of piperazine rings is 1. The van der Waals surface area contributed by atoms with Gasteiger partial charge in [0.2, 0.25) is 5.91 Å². The summed E-state index contributed by atoms with van der Waals surface area (Å²) < 4.78 is 10.9. The Morgan fingerprint density at radius 3 is 2.46 bits per heavy atom. The largest absolute Gasteiger partial charge is 0.445 e. The quantitative estimate of drug-likeness (QED) is 0.668. The molecule has 10 heteroatoms. The second-order valence-corrected chi connectivity index (χ2v) is 9.38. The van der Waals surface area contributed by atoms with E-state index in [1.165, 1.54) is 28.0 Å². The summed E-state index contributed by atoms with van der Waals surface area (Å²) in [5, 5.41) is 11.9. The number of hydrogen-bond acceptors (Lipinski definition) is 6. The molecular weight excluding hydrogens is 472 g/mol. The normalized spacial score (nSPS) is 15.7. The second-order valence-electron chi connectivity index (χ2n) is 8.97. The molecule has 2 aromatic rings. The molecule has 1 atom stereocenters. The molecular formula is C25H27ClN4O5. The first kappa shape index (κ1) is 25.8. The lowest BCUT2D eigenvalue weighted by molar-refractivity contribution is -0.122. The van der Waals surface area contributed by atoms with Crippen molar-refractivity contribution in [2.45, 2.75) is 39.0 Å². The van der Waals surface area contributed by atoms with Crippen molar-refractivity contribution in [2.75, 3.05) is 25.0 Å². The Hall–Kier alpha value is -3.77. The van der Waals surface area contributed by atoms with Crippen LogP contribution in [0.3, 0.4) is 0 Å². The number of rotatable bonds is 4. The fourth-order valence-electron chi connectivity index (χ4n) is 3.43. The Morgan fingerprint density at radius 1 is 1.11 bits per heavy atom. The molecule has 0 spiro atoms. The van der Waals surface area contributed by atoms with Gasteiger partial charge in [-0.05, 0) is 44.5 Å². The molecule has 3 amide bonds. The molecule has 184 valence electrons. The number of nitrogens with one attached hydrogen (secondary N) is 1. The molecule has 1 unspecified atom stereocenters. The van der Waals surface area contributed by atoms with Crippen LogP contribution in [0.5, 0.6) is 0 Å². The minimum atomic E-state index is -1.03. The van der Waals surface area contributed by atoms with Crippen molar-refractivity contribution in [3.63, 3.8) is 0 Å². The number of carbonyl (C=O) groups is 3. The highest BCUT2D eigenvalue weighted by Gasteiger charge is 2.39. The summed E-state index contributed by atoms with van der Waals surface area (Å²) >= 11 is 6.08. The first-order chi connectivity index (χ1) is 16.6. The number of nitrogens with zero attached hydrogens (tertiary/aromatic N) is 3. The van der Waals surface area contributed by atoms with Crippen molar-refractivity contribution in [3.8, 4) is 6.07 Å². The third kappa shape index (κ3) is 7.11. The highest BCUT2D eigenvalue weighted by Crippen LogP contribution is 2.22. The van der Waals surface area contributed by atoms with E-state index in [1.54, 1.807) is 20.8 Å². The summed E-state index contributed by atoms with van der Waals surface area (Å²) in [6.45, 7) is 5.49. The molecule has 9 nitrogen and oxygen atoms in total. The van der Waals surface area contributed by atoms with Crippen LogP contribution < -0.4 is 5.32 Å². The molecule has 1 heterocycles. The minimum Gasteiger partial charge on any atom is -0.445 e. The zero-order valence-electron chi connectivity index (χ0n) is 19.8. The van der Waals surface area contributed by atoms with Gasteiger partial charge in [0.15, 0.2) is 0 Å². The SMILES string of the molecule is CC(C)(C)OC(=O)N1CCN(C(=O)OCc2ccccc2)C(C(=O)Nc2ccc(C#N)c(Cl)c2)C1. The lowest BCUT2D eigenvalue weighted by atomic mass is 10.1. The van der Waals surface area contributed by atoms with E-state index in [9.17, 15) is 14.4 Å². The fourth-order valence-corrected chi connectivity index (χ4v) is 3.65. The monoisotopic (exact) mass is 498 g/mol. The van der Waals surface area contributed by atoms with Gasteiger partial charge in [0, 0.05) is 18.8 Å². The number of hydrogen-bond donors (Lipinski definition) is 1. The Kier molecular flexibility index (Phi) is 8.20. The summed E-state index contributed by atoms with van der Waals surface area (Å²) in [7, 11) is 0. The van der Waals surface area contributed by atoms with Crippen LogP contribution in [0.2, 0.25) is 5.02 Å². The number of anilines is 1. The van der Waals surface area contributed by atoms with Crippen LogP contribution in [0, 0.1) is 11.3 Å². The summed E-state index contributed by atoms with van der Waals surface area (Å²) in [5.74, 6) is -0.532. The topological polar surface area (TPSA) is 112 Å². The molecule has 3 rings (SSSR count). The average molecular weight is 499 g/mol. The van der Waals surface area contributed by atoms with Crippen LogP contribution in [0.15, 0.2) is 48.5 Å². The van der Waals surface area contributed by atoms with E-state index in [2.05, 4.69) is 5.32 Å². The molecule has 1 fully saturated rings. The lowest BCUT2D eigenvalue weighted by Gasteiger charge is -2.40. The number of ether oxygens (including phenoxy) is 2. The van der Waals surface area contributed by atoms with Gasteiger partial charge in [-0.1, -0.05) is 41.9 Å². The Balaban J connectivity index is 1.77. The zero-order chi connectivity index (χ0) is 25.6. The molecule has 1 N–H and O–H groups in total. The van der Waals surface area contributed by atoms with E-state index in [0.29, 0.717) is 5.69 Å². The van der Waals surface area contributed by atoms with Crippen molar-refractivity contribution in [3.05, 3.63) is 64.7 Å². The van der Waals surface area contributed by atoms with Crippen molar-refractivity contribution >= 4 is 35.4 Å². The van der Waals surface area contributed by atoms with Gasteiger partial charge in [-0.3, -0.25) is 9.69 Å². The Labute approximate surface area is 209 Å². The first-order valence-corrected chi connectivity index (χ1v) is 11.4. The average Bonchev–Trinajstić information content (AvgIpc) is 2.82. The molecule has 35 heavy (non-hydrogen) atoms. The van der Waals surface area contributed by atoms with Crippen LogP contribution in [0.4, 0.5) is 15.3 Å².